The molecular formula is C21H16N4O4S2. The third-order valence-corrected chi connectivity index (χ3v) is 6.47. The molecule has 5 aromatic rings. The summed E-state index contributed by atoms with van der Waals surface area (Å²) in [6.07, 6.45) is 1.58. The number of ether oxygens (including phenoxy) is 1. The Morgan fingerprint density at radius 2 is 2.03 bits per heavy atom. The Balaban J connectivity index is 1.39. The van der Waals surface area contributed by atoms with Crippen molar-refractivity contribution in [1.29, 1.82) is 0 Å². The van der Waals surface area contributed by atoms with Crippen molar-refractivity contribution >= 4 is 33.3 Å². The van der Waals surface area contributed by atoms with E-state index in [1.807, 2.05) is 42.6 Å². The van der Waals surface area contributed by atoms with Crippen LogP contribution in [0.3, 0.4) is 0 Å². The fourth-order valence-electron chi connectivity index (χ4n) is 3.09. The number of aromatic amines is 1. The lowest BCUT2D eigenvalue weighted by Crippen LogP contribution is -2.12. The number of hydrogen-bond donors (Lipinski definition) is 1. The lowest BCUT2D eigenvalue weighted by Gasteiger charge is -2.07. The second-order valence-electron chi connectivity index (χ2n) is 6.62. The van der Waals surface area contributed by atoms with Gasteiger partial charge in [0.25, 0.3) is 10.8 Å². The fraction of sp³-hybridized carbons (Fsp3) is 0.143. The van der Waals surface area contributed by atoms with Crippen LogP contribution in [0.1, 0.15) is 18.0 Å². The average molecular weight is 453 g/mol. The Labute approximate surface area is 184 Å². The third kappa shape index (κ3) is 3.75. The molecule has 8 nitrogen and oxygen atoms in total. The van der Waals surface area contributed by atoms with Gasteiger partial charge in [0, 0.05) is 16.5 Å². The zero-order valence-electron chi connectivity index (χ0n) is 16.5. The van der Waals surface area contributed by atoms with Gasteiger partial charge in [-0.1, -0.05) is 11.8 Å². The van der Waals surface area contributed by atoms with Crippen molar-refractivity contribution in [3.8, 4) is 28.5 Å². The minimum absolute atomic E-state index is 0.199. The van der Waals surface area contributed by atoms with Crippen LogP contribution in [0.25, 0.3) is 33.0 Å². The minimum Gasteiger partial charge on any atom is -0.497 e. The van der Waals surface area contributed by atoms with E-state index in [9.17, 15) is 4.79 Å². The molecule has 0 fully saturated rings. The van der Waals surface area contributed by atoms with Crippen LogP contribution < -0.4 is 10.3 Å². The molecule has 0 amide bonds. The van der Waals surface area contributed by atoms with E-state index in [2.05, 4.69) is 20.2 Å². The smallest absolute Gasteiger partial charge is 0.277 e. The van der Waals surface area contributed by atoms with Gasteiger partial charge in [-0.15, -0.1) is 21.5 Å². The van der Waals surface area contributed by atoms with Crippen molar-refractivity contribution in [1.82, 2.24) is 20.2 Å². The van der Waals surface area contributed by atoms with Gasteiger partial charge in [-0.3, -0.25) is 4.79 Å². The number of hydrogen-bond acceptors (Lipinski definition) is 9. The van der Waals surface area contributed by atoms with Gasteiger partial charge in [0.2, 0.25) is 5.89 Å². The van der Waals surface area contributed by atoms with Crippen LogP contribution in [0.5, 0.6) is 5.75 Å². The maximum absolute atomic E-state index is 12.8. The van der Waals surface area contributed by atoms with E-state index in [0.717, 1.165) is 16.9 Å². The van der Waals surface area contributed by atoms with Crippen LogP contribution in [0.2, 0.25) is 0 Å². The predicted octanol–water partition coefficient (Wildman–Crippen LogP) is 5.16. The lowest BCUT2D eigenvalue weighted by molar-refractivity contribution is 0.414. The summed E-state index contributed by atoms with van der Waals surface area (Å²) in [6.45, 7) is 1.92. The maximum Gasteiger partial charge on any atom is 0.277 e. The van der Waals surface area contributed by atoms with Crippen LogP contribution in [0.4, 0.5) is 0 Å². The molecular weight excluding hydrogens is 436 g/mol. The van der Waals surface area contributed by atoms with E-state index in [-0.39, 0.29) is 10.8 Å². The van der Waals surface area contributed by atoms with Gasteiger partial charge < -0.3 is 18.6 Å². The highest BCUT2D eigenvalue weighted by atomic mass is 32.2. The number of rotatable bonds is 6. The number of nitrogens with one attached hydrogen (secondary N) is 1. The standard InChI is InChI=1S/C21H16N4O4S2/c1-11(31-21-25-24-19(29-21)12-5-7-13(27-2)8-6-12)17-22-18(26)16-14(10-30-20(16)23-17)15-4-3-9-28-15/h3-11H,1-2H3,(H,22,23,26)/t11-/m0/s1. The fourth-order valence-corrected chi connectivity index (χ4v) is 4.76. The SMILES string of the molecule is COc1ccc(-c2nnc(S[C@@H](C)c3nc4scc(-c5ccco5)c4c(=O)[nH]3)o2)cc1. The van der Waals surface area contributed by atoms with Crippen molar-refractivity contribution in [2.75, 3.05) is 7.11 Å². The Bertz CT molecular complexity index is 1390. The molecule has 1 aromatic carbocycles. The molecule has 0 radical (unpaired) electrons. The minimum atomic E-state index is -0.204. The van der Waals surface area contributed by atoms with Crippen LogP contribution in [-0.4, -0.2) is 27.3 Å². The molecule has 0 saturated heterocycles. The topological polar surface area (TPSA) is 107 Å². The summed E-state index contributed by atoms with van der Waals surface area (Å²) in [7, 11) is 1.61. The number of benzene rings is 1. The molecule has 0 saturated carbocycles. The second-order valence-corrected chi connectivity index (χ2v) is 8.77. The highest BCUT2D eigenvalue weighted by Crippen LogP contribution is 2.36. The summed E-state index contributed by atoms with van der Waals surface area (Å²) < 4.78 is 16.4. The number of thiophene rings is 1. The molecule has 0 aliphatic rings. The Kier molecular flexibility index (Phi) is 5.08. The van der Waals surface area contributed by atoms with E-state index in [4.69, 9.17) is 13.6 Å². The van der Waals surface area contributed by atoms with Gasteiger partial charge in [-0.25, -0.2) is 4.98 Å². The van der Waals surface area contributed by atoms with Crippen LogP contribution in [0, 0.1) is 0 Å². The highest BCUT2D eigenvalue weighted by Gasteiger charge is 2.20. The summed E-state index contributed by atoms with van der Waals surface area (Å²) in [4.78, 5) is 21.0. The van der Waals surface area contributed by atoms with Gasteiger partial charge in [-0.05, 0) is 43.3 Å². The molecule has 0 aliphatic carbocycles. The molecule has 0 unspecified atom stereocenters. The average Bonchev–Trinajstić information content (AvgIpc) is 3.54. The molecule has 156 valence electrons. The Morgan fingerprint density at radius 3 is 2.77 bits per heavy atom. The van der Waals surface area contributed by atoms with E-state index in [1.165, 1.54) is 23.1 Å². The first kappa shape index (κ1) is 19.6. The van der Waals surface area contributed by atoms with Gasteiger partial charge >= 0.3 is 0 Å². The van der Waals surface area contributed by atoms with Crippen molar-refractivity contribution in [3.05, 3.63) is 64.2 Å². The Morgan fingerprint density at radius 1 is 1.19 bits per heavy atom. The second kappa shape index (κ2) is 8.05. The van der Waals surface area contributed by atoms with E-state index in [1.54, 1.807) is 19.4 Å². The third-order valence-electron chi connectivity index (χ3n) is 4.65. The van der Waals surface area contributed by atoms with Crippen molar-refractivity contribution in [3.63, 3.8) is 0 Å². The summed E-state index contributed by atoms with van der Waals surface area (Å²) in [6, 6.07) is 11.0. The van der Waals surface area contributed by atoms with Gasteiger partial charge in [-0.2, -0.15) is 0 Å². The summed E-state index contributed by atoms with van der Waals surface area (Å²) in [5.74, 6) is 2.35. The van der Waals surface area contributed by atoms with E-state index in [0.29, 0.717) is 32.9 Å². The first-order valence-electron chi connectivity index (χ1n) is 9.32. The number of furan rings is 1. The van der Waals surface area contributed by atoms with Crippen molar-refractivity contribution in [2.24, 2.45) is 0 Å². The van der Waals surface area contributed by atoms with Crippen LogP contribution in [-0.2, 0) is 0 Å². The predicted molar refractivity (Wildman–Crippen MR) is 119 cm³/mol. The first-order chi connectivity index (χ1) is 15.1. The van der Waals surface area contributed by atoms with Crippen LogP contribution in [0.15, 0.2) is 66.9 Å². The summed E-state index contributed by atoms with van der Waals surface area (Å²) in [5, 5.41) is 10.8. The quantitative estimate of drug-likeness (QED) is 0.352. The molecule has 31 heavy (non-hydrogen) atoms. The van der Waals surface area contributed by atoms with Gasteiger partial charge in [0.05, 0.1) is 24.0 Å². The number of aromatic nitrogens is 4. The molecule has 0 bridgehead atoms. The number of H-pyrrole nitrogens is 1. The molecule has 1 N–H and O–H groups in total. The zero-order chi connectivity index (χ0) is 21.4. The zero-order valence-corrected chi connectivity index (χ0v) is 18.1. The molecule has 4 heterocycles. The van der Waals surface area contributed by atoms with Crippen molar-refractivity contribution < 1.29 is 13.6 Å². The molecule has 0 spiro atoms. The van der Waals surface area contributed by atoms with Crippen LogP contribution >= 0.6 is 23.1 Å². The maximum atomic E-state index is 12.8. The normalized spacial score (nSPS) is 12.3. The molecule has 10 heteroatoms. The first-order valence-corrected chi connectivity index (χ1v) is 11.1. The van der Waals surface area contributed by atoms with Crippen molar-refractivity contribution in [2.45, 2.75) is 17.4 Å². The molecule has 1 atom stereocenters. The summed E-state index contributed by atoms with van der Waals surface area (Å²) in [5.41, 5.74) is 1.33. The van der Waals surface area contributed by atoms with Gasteiger partial charge in [0.1, 0.15) is 22.2 Å². The number of fused-ring (bicyclic) bond motifs is 1. The number of thioether (sulfide) groups is 1. The van der Waals surface area contributed by atoms with Gasteiger partial charge in [0.15, 0.2) is 0 Å². The van der Waals surface area contributed by atoms with E-state index >= 15 is 0 Å². The lowest BCUT2D eigenvalue weighted by atomic mass is 10.2. The Hall–Kier alpha value is -3.37. The van der Waals surface area contributed by atoms with E-state index < -0.39 is 0 Å². The number of methoxy groups -OCH3 is 1. The largest absolute Gasteiger partial charge is 0.497 e. The summed E-state index contributed by atoms with van der Waals surface area (Å²) >= 11 is 2.74. The molecule has 5 rings (SSSR count). The number of nitrogens with zero attached hydrogens (tertiary/aromatic N) is 3. The molecule has 0 aliphatic heterocycles. The molecule has 4 aromatic heterocycles. The monoisotopic (exact) mass is 452 g/mol. The highest BCUT2D eigenvalue weighted by molar-refractivity contribution is 7.99.